The number of nitrogen functional groups attached to an aromatic ring is 1. The van der Waals surface area contributed by atoms with E-state index in [9.17, 15) is 17.6 Å². The smallest absolute Gasteiger partial charge is 0.382 e. The number of nitrogens with one attached hydrogen (secondary N) is 1. The predicted octanol–water partition coefficient (Wildman–Crippen LogP) is 3.77. The summed E-state index contributed by atoms with van der Waals surface area (Å²) < 4.78 is 51.4. The molecule has 20 heavy (non-hydrogen) atoms. The van der Waals surface area contributed by atoms with Crippen molar-refractivity contribution < 1.29 is 17.6 Å². The Morgan fingerprint density at radius 1 is 1.30 bits per heavy atom. The van der Waals surface area contributed by atoms with Gasteiger partial charge in [-0.1, -0.05) is 13.3 Å². The van der Waals surface area contributed by atoms with Crippen molar-refractivity contribution in [1.29, 1.82) is 0 Å². The van der Waals surface area contributed by atoms with Crippen LogP contribution in [0.15, 0.2) is 18.2 Å². The molecule has 1 heterocycles. The molecule has 108 valence electrons. The predicted molar refractivity (Wildman–Crippen MR) is 67.4 cm³/mol. The van der Waals surface area contributed by atoms with E-state index in [-0.39, 0.29) is 11.4 Å². The van der Waals surface area contributed by atoms with Crippen LogP contribution in [0.5, 0.6) is 0 Å². The molecule has 3 N–H and O–H groups in total. The van der Waals surface area contributed by atoms with E-state index >= 15 is 0 Å². The van der Waals surface area contributed by atoms with Gasteiger partial charge in [-0.05, 0) is 24.6 Å². The van der Waals surface area contributed by atoms with Gasteiger partial charge in [0.25, 0.3) is 0 Å². The summed E-state index contributed by atoms with van der Waals surface area (Å²) in [5.74, 6) is -1.05. The molecule has 0 saturated carbocycles. The molecule has 0 saturated heterocycles. The summed E-state index contributed by atoms with van der Waals surface area (Å²) in [5.41, 5.74) is 5.64. The second-order valence-corrected chi connectivity index (χ2v) is 4.40. The minimum absolute atomic E-state index is 0.214. The van der Waals surface area contributed by atoms with Crippen molar-refractivity contribution >= 4 is 5.82 Å². The lowest BCUT2D eigenvalue weighted by Crippen LogP contribution is -2.08. The number of H-pyrrole nitrogens is 1. The molecule has 0 fully saturated rings. The first-order chi connectivity index (χ1) is 9.34. The molecule has 0 aliphatic rings. The Morgan fingerprint density at radius 3 is 2.60 bits per heavy atom. The number of hydrogen-bond acceptors (Lipinski definition) is 2. The Hall–Kier alpha value is -2.05. The van der Waals surface area contributed by atoms with Gasteiger partial charge in [-0.15, -0.1) is 0 Å². The zero-order chi connectivity index (χ0) is 14.9. The summed E-state index contributed by atoms with van der Waals surface area (Å²) in [5, 5.41) is 6.41. The highest BCUT2D eigenvalue weighted by Crippen LogP contribution is 2.35. The summed E-state index contributed by atoms with van der Waals surface area (Å²) >= 11 is 0. The summed E-state index contributed by atoms with van der Waals surface area (Å²) in [6, 6.07) is 2.84. The van der Waals surface area contributed by atoms with Gasteiger partial charge in [0.1, 0.15) is 11.6 Å². The Labute approximate surface area is 112 Å². The monoisotopic (exact) mass is 287 g/mol. The number of anilines is 1. The van der Waals surface area contributed by atoms with Gasteiger partial charge in [-0.2, -0.15) is 18.3 Å². The molecular weight excluding hydrogens is 274 g/mol. The molecular formula is C13H13F4N3. The average Bonchev–Trinajstić information content (AvgIpc) is 2.71. The lowest BCUT2D eigenvalue weighted by molar-refractivity contribution is -0.139. The number of nitrogens with zero attached hydrogens (tertiary/aromatic N) is 1. The molecule has 1 aromatic heterocycles. The van der Waals surface area contributed by atoms with Crippen LogP contribution in [0.25, 0.3) is 11.3 Å². The summed E-state index contributed by atoms with van der Waals surface area (Å²) in [6.45, 7) is 1.92. The van der Waals surface area contributed by atoms with E-state index in [0.29, 0.717) is 17.7 Å². The molecule has 3 nitrogen and oxygen atoms in total. The van der Waals surface area contributed by atoms with Crippen LogP contribution in [-0.2, 0) is 12.6 Å². The topological polar surface area (TPSA) is 54.7 Å². The summed E-state index contributed by atoms with van der Waals surface area (Å²) in [4.78, 5) is 0. The first-order valence-electron chi connectivity index (χ1n) is 6.04. The molecule has 0 atom stereocenters. The van der Waals surface area contributed by atoms with Crippen molar-refractivity contribution in [2.24, 2.45) is 0 Å². The van der Waals surface area contributed by atoms with Crippen LogP contribution in [0.3, 0.4) is 0 Å². The second kappa shape index (κ2) is 5.15. The number of benzene rings is 1. The van der Waals surface area contributed by atoms with E-state index in [0.717, 1.165) is 18.6 Å². The molecule has 0 spiro atoms. The molecule has 0 bridgehead atoms. The van der Waals surface area contributed by atoms with E-state index in [2.05, 4.69) is 10.2 Å². The Bertz CT molecular complexity index is 617. The maximum absolute atomic E-state index is 13.3. The molecule has 7 heteroatoms. The van der Waals surface area contributed by atoms with Gasteiger partial charge < -0.3 is 5.73 Å². The third kappa shape index (κ3) is 2.61. The van der Waals surface area contributed by atoms with Crippen LogP contribution in [0, 0.1) is 5.82 Å². The normalized spacial score (nSPS) is 11.8. The highest BCUT2D eigenvalue weighted by molar-refractivity contribution is 5.68. The van der Waals surface area contributed by atoms with Crippen molar-refractivity contribution in [1.82, 2.24) is 10.2 Å². The van der Waals surface area contributed by atoms with Crippen molar-refractivity contribution in [3.63, 3.8) is 0 Å². The minimum atomic E-state index is -4.74. The Morgan fingerprint density at radius 2 is 2.00 bits per heavy atom. The molecule has 1 aromatic carbocycles. The van der Waals surface area contributed by atoms with Crippen molar-refractivity contribution in [3.05, 3.63) is 35.1 Å². The number of aromatic nitrogens is 2. The van der Waals surface area contributed by atoms with Gasteiger partial charge >= 0.3 is 6.18 Å². The average molecular weight is 287 g/mol. The highest BCUT2D eigenvalue weighted by atomic mass is 19.4. The number of aromatic amines is 1. The largest absolute Gasteiger partial charge is 0.419 e. The van der Waals surface area contributed by atoms with Crippen LogP contribution >= 0.6 is 0 Å². The fourth-order valence-corrected chi connectivity index (χ4v) is 2.02. The molecule has 2 rings (SSSR count). The van der Waals surface area contributed by atoms with Crippen LogP contribution in [0.2, 0.25) is 0 Å². The molecule has 0 aliphatic carbocycles. The first kappa shape index (κ1) is 14.4. The number of hydrogen-bond donors (Lipinski definition) is 2. The quantitative estimate of drug-likeness (QED) is 0.844. The Balaban J connectivity index is 2.54. The van der Waals surface area contributed by atoms with Gasteiger partial charge in [0.15, 0.2) is 0 Å². The number of halogens is 4. The third-order valence-corrected chi connectivity index (χ3v) is 2.96. The highest BCUT2D eigenvalue weighted by Gasteiger charge is 2.34. The van der Waals surface area contributed by atoms with Crippen molar-refractivity contribution in [3.8, 4) is 11.3 Å². The van der Waals surface area contributed by atoms with Crippen molar-refractivity contribution in [2.75, 3.05) is 5.73 Å². The van der Waals surface area contributed by atoms with Crippen molar-refractivity contribution in [2.45, 2.75) is 25.9 Å². The maximum Gasteiger partial charge on any atom is 0.419 e. The van der Waals surface area contributed by atoms with E-state index in [1.807, 2.05) is 6.92 Å². The van der Waals surface area contributed by atoms with Gasteiger partial charge in [-0.3, -0.25) is 5.10 Å². The molecule has 0 amide bonds. The number of rotatable bonds is 3. The molecule has 0 unspecified atom stereocenters. The van der Waals surface area contributed by atoms with Gasteiger partial charge in [0.05, 0.1) is 11.3 Å². The van der Waals surface area contributed by atoms with Gasteiger partial charge in [-0.25, -0.2) is 4.39 Å². The zero-order valence-corrected chi connectivity index (χ0v) is 10.7. The van der Waals surface area contributed by atoms with Crippen LogP contribution in [0.4, 0.5) is 23.4 Å². The lowest BCUT2D eigenvalue weighted by atomic mass is 10.0. The third-order valence-electron chi connectivity index (χ3n) is 2.96. The number of alkyl halides is 3. The minimum Gasteiger partial charge on any atom is -0.382 e. The van der Waals surface area contributed by atoms with Gasteiger partial charge in [0.2, 0.25) is 0 Å². The lowest BCUT2D eigenvalue weighted by Gasteiger charge is -2.10. The van der Waals surface area contributed by atoms with Crippen LogP contribution in [0.1, 0.15) is 24.5 Å². The summed E-state index contributed by atoms with van der Waals surface area (Å²) in [6.07, 6.45) is -3.39. The standard InChI is InChI=1S/C13H13F4N3/c1-2-3-8-11(19-20-12(8)18)7-4-5-10(14)9(6-7)13(15,16)17/h4-6H,2-3H2,1H3,(H3,18,19,20). The van der Waals surface area contributed by atoms with E-state index in [1.54, 1.807) is 0 Å². The molecule has 0 radical (unpaired) electrons. The molecule has 2 aromatic rings. The SMILES string of the molecule is CCCc1c(N)n[nH]c1-c1ccc(F)c(C(F)(F)F)c1. The molecule has 0 aliphatic heterocycles. The number of nitrogens with two attached hydrogens (primary N) is 1. The first-order valence-corrected chi connectivity index (χ1v) is 6.04. The zero-order valence-electron chi connectivity index (χ0n) is 10.7. The second-order valence-electron chi connectivity index (χ2n) is 4.40. The van der Waals surface area contributed by atoms with Crippen LogP contribution in [-0.4, -0.2) is 10.2 Å². The van der Waals surface area contributed by atoms with E-state index in [4.69, 9.17) is 5.73 Å². The summed E-state index contributed by atoms with van der Waals surface area (Å²) in [7, 11) is 0. The van der Waals surface area contributed by atoms with E-state index in [1.165, 1.54) is 6.07 Å². The maximum atomic E-state index is 13.3. The van der Waals surface area contributed by atoms with Gasteiger partial charge in [0, 0.05) is 11.1 Å². The Kier molecular flexibility index (Phi) is 3.69. The van der Waals surface area contributed by atoms with Crippen LogP contribution < -0.4 is 5.73 Å². The fraction of sp³-hybridized carbons (Fsp3) is 0.308. The van der Waals surface area contributed by atoms with E-state index < -0.39 is 17.6 Å². The fourth-order valence-electron chi connectivity index (χ4n) is 2.02.